The SMILES string of the molecule is COc1ccc(-c2noc(CSc3ncnc4sccc34)n2)cc1OC. The number of hydrogen-bond donors (Lipinski definition) is 0. The number of nitrogens with zero attached hydrogens (tertiary/aromatic N) is 4. The molecule has 132 valence electrons. The van der Waals surface area contributed by atoms with Crippen LogP contribution >= 0.6 is 23.1 Å². The van der Waals surface area contributed by atoms with Crippen LogP contribution in [0.3, 0.4) is 0 Å². The van der Waals surface area contributed by atoms with Crippen LogP contribution < -0.4 is 9.47 Å². The zero-order chi connectivity index (χ0) is 17.9. The van der Waals surface area contributed by atoms with Crippen LogP contribution in [0.4, 0.5) is 0 Å². The normalized spacial score (nSPS) is 11.0. The molecule has 0 atom stereocenters. The summed E-state index contributed by atoms with van der Waals surface area (Å²) >= 11 is 3.14. The second kappa shape index (κ2) is 7.30. The minimum atomic E-state index is 0.505. The molecule has 0 saturated carbocycles. The molecule has 0 unspecified atom stereocenters. The van der Waals surface area contributed by atoms with E-state index in [-0.39, 0.29) is 0 Å². The van der Waals surface area contributed by atoms with Crippen molar-refractivity contribution < 1.29 is 14.0 Å². The minimum absolute atomic E-state index is 0.505. The summed E-state index contributed by atoms with van der Waals surface area (Å²) in [6.07, 6.45) is 1.57. The molecule has 0 N–H and O–H groups in total. The molecule has 9 heteroatoms. The maximum Gasteiger partial charge on any atom is 0.237 e. The molecule has 0 aliphatic rings. The summed E-state index contributed by atoms with van der Waals surface area (Å²) in [5.41, 5.74) is 0.796. The molecule has 1 aromatic carbocycles. The Morgan fingerprint density at radius 3 is 2.85 bits per heavy atom. The van der Waals surface area contributed by atoms with Gasteiger partial charge in [0.15, 0.2) is 11.5 Å². The third-order valence-corrected chi connectivity index (χ3v) is 5.48. The van der Waals surface area contributed by atoms with Crippen LogP contribution in [0, 0.1) is 0 Å². The summed E-state index contributed by atoms with van der Waals surface area (Å²) in [6.45, 7) is 0. The third kappa shape index (κ3) is 3.23. The molecule has 0 spiro atoms. The van der Waals surface area contributed by atoms with Gasteiger partial charge in [0.25, 0.3) is 0 Å². The number of aromatic nitrogens is 4. The van der Waals surface area contributed by atoms with E-state index in [0.717, 1.165) is 20.8 Å². The fraction of sp³-hybridized carbons (Fsp3) is 0.176. The molecule has 0 saturated heterocycles. The summed E-state index contributed by atoms with van der Waals surface area (Å²) in [7, 11) is 3.19. The highest BCUT2D eigenvalue weighted by Crippen LogP contribution is 2.32. The van der Waals surface area contributed by atoms with Gasteiger partial charge in [-0.3, -0.25) is 0 Å². The molecular formula is C17H14N4O3S2. The Morgan fingerprint density at radius 2 is 2.00 bits per heavy atom. The summed E-state index contributed by atoms with van der Waals surface area (Å²) in [5.74, 6) is 2.83. The van der Waals surface area contributed by atoms with Crippen LogP contribution in [0.25, 0.3) is 21.6 Å². The molecule has 4 rings (SSSR count). The Bertz CT molecular complexity index is 1050. The number of thiophene rings is 1. The smallest absolute Gasteiger partial charge is 0.237 e. The predicted octanol–water partition coefficient (Wildman–Crippen LogP) is 4.05. The Hall–Kier alpha value is -2.65. The van der Waals surface area contributed by atoms with Crippen molar-refractivity contribution in [1.29, 1.82) is 0 Å². The molecule has 0 amide bonds. The largest absolute Gasteiger partial charge is 0.493 e. The molecule has 0 radical (unpaired) electrons. The number of rotatable bonds is 6. The van der Waals surface area contributed by atoms with Gasteiger partial charge in [0.1, 0.15) is 16.2 Å². The molecule has 0 bridgehead atoms. The first kappa shape index (κ1) is 16.8. The van der Waals surface area contributed by atoms with E-state index < -0.39 is 0 Å². The lowest BCUT2D eigenvalue weighted by Gasteiger charge is -2.07. The molecule has 26 heavy (non-hydrogen) atoms. The maximum atomic E-state index is 5.37. The van der Waals surface area contributed by atoms with Crippen LogP contribution in [-0.2, 0) is 5.75 Å². The first-order valence-corrected chi connectivity index (χ1v) is 9.51. The standard InChI is InChI=1S/C17H14N4O3S2/c1-22-12-4-3-10(7-13(12)23-2)15-20-14(24-21-15)8-26-17-11-5-6-25-16(11)18-9-19-17/h3-7,9H,8H2,1-2H3. The highest BCUT2D eigenvalue weighted by molar-refractivity contribution is 7.98. The summed E-state index contributed by atoms with van der Waals surface area (Å²) < 4.78 is 15.9. The van der Waals surface area contributed by atoms with Crippen molar-refractivity contribution in [3.05, 3.63) is 41.9 Å². The van der Waals surface area contributed by atoms with Gasteiger partial charge in [-0.15, -0.1) is 11.3 Å². The number of benzene rings is 1. The van der Waals surface area contributed by atoms with E-state index in [0.29, 0.717) is 29.0 Å². The van der Waals surface area contributed by atoms with Gasteiger partial charge in [0, 0.05) is 10.9 Å². The zero-order valence-electron chi connectivity index (χ0n) is 14.0. The lowest BCUT2D eigenvalue weighted by Crippen LogP contribution is -1.91. The van der Waals surface area contributed by atoms with Gasteiger partial charge in [-0.05, 0) is 29.6 Å². The fourth-order valence-electron chi connectivity index (χ4n) is 2.42. The fourth-order valence-corrected chi connectivity index (χ4v) is 4.04. The van der Waals surface area contributed by atoms with E-state index in [4.69, 9.17) is 14.0 Å². The molecule has 3 aromatic heterocycles. The van der Waals surface area contributed by atoms with Crippen molar-refractivity contribution in [2.45, 2.75) is 10.8 Å². The number of fused-ring (bicyclic) bond motifs is 1. The highest BCUT2D eigenvalue weighted by Gasteiger charge is 2.13. The summed E-state index contributed by atoms with van der Waals surface area (Å²) in [5, 5.41) is 8.01. The van der Waals surface area contributed by atoms with Crippen LogP contribution in [0.2, 0.25) is 0 Å². The zero-order valence-corrected chi connectivity index (χ0v) is 15.6. The lowest BCUT2D eigenvalue weighted by molar-refractivity contribution is 0.355. The second-order valence-corrected chi connectivity index (χ2v) is 7.05. The van der Waals surface area contributed by atoms with Gasteiger partial charge >= 0.3 is 0 Å². The van der Waals surface area contributed by atoms with E-state index in [9.17, 15) is 0 Å². The minimum Gasteiger partial charge on any atom is -0.493 e. The molecule has 0 fully saturated rings. The van der Waals surface area contributed by atoms with Crippen molar-refractivity contribution in [3.63, 3.8) is 0 Å². The molecule has 0 aliphatic heterocycles. The second-order valence-electron chi connectivity index (χ2n) is 5.19. The molecule has 3 heterocycles. The van der Waals surface area contributed by atoms with Gasteiger partial charge in [-0.25, -0.2) is 9.97 Å². The molecule has 4 aromatic rings. The van der Waals surface area contributed by atoms with Crippen molar-refractivity contribution >= 4 is 33.3 Å². The number of thioether (sulfide) groups is 1. The van der Waals surface area contributed by atoms with Crippen molar-refractivity contribution in [3.8, 4) is 22.9 Å². The monoisotopic (exact) mass is 386 g/mol. The van der Waals surface area contributed by atoms with Gasteiger partial charge in [0.05, 0.1) is 20.0 Å². The van der Waals surface area contributed by atoms with Crippen molar-refractivity contribution in [2.24, 2.45) is 0 Å². The first-order chi connectivity index (χ1) is 12.8. The highest BCUT2D eigenvalue weighted by atomic mass is 32.2. The number of ether oxygens (including phenoxy) is 2. The van der Waals surface area contributed by atoms with E-state index in [2.05, 4.69) is 20.1 Å². The Kier molecular flexibility index (Phi) is 4.72. The van der Waals surface area contributed by atoms with Gasteiger partial charge in [-0.1, -0.05) is 16.9 Å². The summed E-state index contributed by atoms with van der Waals surface area (Å²) in [6, 6.07) is 7.51. The van der Waals surface area contributed by atoms with Gasteiger partial charge in [-0.2, -0.15) is 4.98 Å². The van der Waals surface area contributed by atoms with Crippen LogP contribution in [0.15, 0.2) is 45.5 Å². The Balaban J connectivity index is 1.52. The molecular weight excluding hydrogens is 372 g/mol. The van der Waals surface area contributed by atoms with E-state index >= 15 is 0 Å². The summed E-state index contributed by atoms with van der Waals surface area (Å²) in [4.78, 5) is 14.0. The van der Waals surface area contributed by atoms with Gasteiger partial charge < -0.3 is 14.0 Å². The molecule has 7 nitrogen and oxygen atoms in total. The average molecular weight is 386 g/mol. The maximum absolute atomic E-state index is 5.37. The van der Waals surface area contributed by atoms with Crippen LogP contribution in [0.1, 0.15) is 5.89 Å². The quantitative estimate of drug-likeness (QED) is 0.362. The van der Waals surface area contributed by atoms with Gasteiger partial charge in [0.2, 0.25) is 11.7 Å². The van der Waals surface area contributed by atoms with Crippen LogP contribution in [-0.4, -0.2) is 34.3 Å². The van der Waals surface area contributed by atoms with Crippen LogP contribution in [0.5, 0.6) is 11.5 Å². The average Bonchev–Trinajstić information content (AvgIpc) is 3.35. The Morgan fingerprint density at radius 1 is 1.12 bits per heavy atom. The van der Waals surface area contributed by atoms with E-state index in [1.807, 2.05) is 29.6 Å². The predicted molar refractivity (Wildman–Crippen MR) is 99.8 cm³/mol. The topological polar surface area (TPSA) is 83.2 Å². The van der Waals surface area contributed by atoms with Crippen molar-refractivity contribution in [1.82, 2.24) is 20.1 Å². The van der Waals surface area contributed by atoms with E-state index in [1.165, 1.54) is 0 Å². The molecule has 0 aliphatic carbocycles. The first-order valence-electron chi connectivity index (χ1n) is 7.64. The Labute approximate surface area is 157 Å². The van der Waals surface area contributed by atoms with Crippen molar-refractivity contribution in [2.75, 3.05) is 14.2 Å². The third-order valence-electron chi connectivity index (χ3n) is 3.67. The lowest BCUT2D eigenvalue weighted by atomic mass is 10.2. The van der Waals surface area contributed by atoms with E-state index in [1.54, 1.807) is 43.6 Å². The number of methoxy groups -OCH3 is 2. The number of hydrogen-bond acceptors (Lipinski definition) is 9.